The van der Waals surface area contributed by atoms with Crippen molar-refractivity contribution in [3.63, 3.8) is 0 Å². The lowest BCUT2D eigenvalue weighted by atomic mass is 9.97. The van der Waals surface area contributed by atoms with E-state index in [2.05, 4.69) is 4.74 Å². The molecule has 0 aliphatic carbocycles. The van der Waals surface area contributed by atoms with Crippen molar-refractivity contribution in [3.8, 4) is 5.75 Å². The van der Waals surface area contributed by atoms with Crippen LogP contribution in [0.15, 0.2) is 36.4 Å². The van der Waals surface area contributed by atoms with E-state index in [1.54, 1.807) is 24.3 Å². The third-order valence-electron chi connectivity index (χ3n) is 4.35. The number of amides is 1. The quantitative estimate of drug-likeness (QED) is 0.919. The Balaban J connectivity index is 1.97. The van der Waals surface area contributed by atoms with Crippen molar-refractivity contribution >= 4 is 22.6 Å². The number of rotatable bonds is 4. The van der Waals surface area contributed by atoms with Crippen LogP contribution in [0.25, 0.3) is 10.8 Å². The highest BCUT2D eigenvalue weighted by atomic mass is 19.3. The molecule has 5 nitrogen and oxygen atoms in total. The minimum Gasteiger partial charge on any atom is -0.481 e. The summed E-state index contributed by atoms with van der Waals surface area (Å²) < 4.78 is 30.0. The minimum atomic E-state index is -3.05. The molecule has 1 atom stereocenters. The number of fused-ring (bicyclic) bond motifs is 1. The van der Waals surface area contributed by atoms with Gasteiger partial charge >= 0.3 is 12.6 Å². The van der Waals surface area contributed by atoms with Gasteiger partial charge in [0.25, 0.3) is 5.91 Å². The third-order valence-corrected chi connectivity index (χ3v) is 4.35. The number of carbonyl (C=O) groups excluding carboxylic acids is 1. The van der Waals surface area contributed by atoms with Gasteiger partial charge in [0, 0.05) is 13.1 Å². The Bertz CT molecular complexity index is 809. The summed E-state index contributed by atoms with van der Waals surface area (Å²) >= 11 is 0. The maximum Gasteiger partial charge on any atom is 0.387 e. The molecule has 0 saturated carbocycles. The van der Waals surface area contributed by atoms with E-state index in [0.29, 0.717) is 24.8 Å². The van der Waals surface area contributed by atoms with Gasteiger partial charge in [-0.05, 0) is 35.7 Å². The maximum absolute atomic E-state index is 12.8. The molecule has 132 valence electrons. The SMILES string of the molecule is O=C(O)C1CCCN(C(=O)c2cc3ccccc3cc2OC(F)F)C1. The third kappa shape index (κ3) is 3.70. The van der Waals surface area contributed by atoms with Crippen LogP contribution in [0.5, 0.6) is 5.75 Å². The number of alkyl halides is 2. The number of carbonyl (C=O) groups is 2. The summed E-state index contributed by atoms with van der Waals surface area (Å²) in [6, 6.07) is 9.98. The lowest BCUT2D eigenvalue weighted by Crippen LogP contribution is -2.42. The largest absolute Gasteiger partial charge is 0.481 e. The first-order valence-corrected chi connectivity index (χ1v) is 7.95. The van der Waals surface area contributed by atoms with Gasteiger partial charge in [-0.3, -0.25) is 9.59 Å². The van der Waals surface area contributed by atoms with Gasteiger partial charge in [-0.25, -0.2) is 0 Å². The van der Waals surface area contributed by atoms with E-state index in [1.807, 2.05) is 0 Å². The summed E-state index contributed by atoms with van der Waals surface area (Å²) in [5.41, 5.74) is 0.0186. The van der Waals surface area contributed by atoms with Crippen molar-refractivity contribution in [1.29, 1.82) is 0 Å². The first-order valence-electron chi connectivity index (χ1n) is 7.95. The predicted molar refractivity (Wildman–Crippen MR) is 86.8 cm³/mol. The standard InChI is InChI=1S/C18H17F2NO4/c19-18(20)25-15-9-12-5-2-1-4-11(12)8-14(15)16(22)21-7-3-6-13(10-21)17(23)24/h1-2,4-5,8-9,13,18H,3,6-7,10H2,(H,23,24). The van der Waals surface area contributed by atoms with E-state index in [4.69, 9.17) is 5.11 Å². The van der Waals surface area contributed by atoms with Crippen molar-refractivity contribution in [2.75, 3.05) is 13.1 Å². The Morgan fingerprint density at radius 3 is 2.52 bits per heavy atom. The zero-order chi connectivity index (χ0) is 18.0. The summed E-state index contributed by atoms with van der Waals surface area (Å²) in [4.78, 5) is 25.4. The summed E-state index contributed by atoms with van der Waals surface area (Å²) in [6.07, 6.45) is 1.05. The van der Waals surface area contributed by atoms with Crippen LogP contribution < -0.4 is 4.74 Å². The molecular weight excluding hydrogens is 332 g/mol. The van der Waals surface area contributed by atoms with Gasteiger partial charge in [-0.2, -0.15) is 8.78 Å². The van der Waals surface area contributed by atoms with Gasteiger partial charge in [-0.1, -0.05) is 24.3 Å². The van der Waals surface area contributed by atoms with Crippen LogP contribution in [0.2, 0.25) is 0 Å². The zero-order valence-electron chi connectivity index (χ0n) is 13.3. The van der Waals surface area contributed by atoms with Crippen LogP contribution in [0.3, 0.4) is 0 Å². The van der Waals surface area contributed by atoms with Crippen molar-refractivity contribution < 1.29 is 28.2 Å². The summed E-state index contributed by atoms with van der Waals surface area (Å²) in [5, 5.41) is 10.6. The van der Waals surface area contributed by atoms with E-state index >= 15 is 0 Å². The second-order valence-corrected chi connectivity index (χ2v) is 6.00. The van der Waals surface area contributed by atoms with Crippen LogP contribution in [0, 0.1) is 5.92 Å². The van der Waals surface area contributed by atoms with E-state index in [-0.39, 0.29) is 17.9 Å². The Kier molecular flexibility index (Phi) is 4.83. The van der Waals surface area contributed by atoms with Crippen molar-refractivity contribution in [3.05, 3.63) is 42.0 Å². The van der Waals surface area contributed by atoms with E-state index in [1.165, 1.54) is 17.0 Å². The molecule has 1 N–H and O–H groups in total. The Labute approximate surface area is 142 Å². The van der Waals surface area contributed by atoms with E-state index < -0.39 is 24.4 Å². The summed E-state index contributed by atoms with van der Waals surface area (Å²) in [6.45, 7) is -2.60. The lowest BCUT2D eigenvalue weighted by Gasteiger charge is -2.31. The average molecular weight is 349 g/mol. The molecule has 7 heteroatoms. The number of aliphatic carboxylic acids is 1. The molecule has 2 aromatic carbocycles. The number of halogens is 2. The first kappa shape index (κ1) is 17.1. The molecule has 0 aromatic heterocycles. The number of likely N-dealkylation sites (tertiary alicyclic amines) is 1. The molecule has 1 amide bonds. The lowest BCUT2D eigenvalue weighted by molar-refractivity contribution is -0.143. The Morgan fingerprint density at radius 1 is 1.20 bits per heavy atom. The molecule has 1 aliphatic rings. The van der Waals surface area contributed by atoms with Gasteiger partial charge in [0.15, 0.2) is 0 Å². The number of piperidine rings is 1. The number of ether oxygens (including phenoxy) is 1. The molecular formula is C18H17F2NO4. The number of nitrogens with zero attached hydrogens (tertiary/aromatic N) is 1. The smallest absolute Gasteiger partial charge is 0.387 e. The van der Waals surface area contributed by atoms with Crippen molar-refractivity contribution in [1.82, 2.24) is 4.90 Å². The molecule has 1 fully saturated rings. The van der Waals surface area contributed by atoms with Gasteiger partial charge in [0.05, 0.1) is 11.5 Å². The van der Waals surface area contributed by atoms with Crippen LogP contribution in [-0.4, -0.2) is 41.6 Å². The average Bonchev–Trinajstić information content (AvgIpc) is 2.60. The van der Waals surface area contributed by atoms with Crippen molar-refractivity contribution in [2.24, 2.45) is 5.92 Å². The first-order chi connectivity index (χ1) is 12.0. The number of hydrogen-bond donors (Lipinski definition) is 1. The fraction of sp³-hybridized carbons (Fsp3) is 0.333. The second-order valence-electron chi connectivity index (χ2n) is 6.00. The maximum atomic E-state index is 12.8. The van der Waals surface area contributed by atoms with Crippen LogP contribution in [0.4, 0.5) is 8.78 Å². The normalized spacial score (nSPS) is 17.7. The Hall–Kier alpha value is -2.70. The van der Waals surface area contributed by atoms with Gasteiger partial charge in [0.1, 0.15) is 5.75 Å². The molecule has 25 heavy (non-hydrogen) atoms. The molecule has 2 aromatic rings. The fourth-order valence-electron chi connectivity index (χ4n) is 3.11. The monoisotopic (exact) mass is 349 g/mol. The zero-order valence-corrected chi connectivity index (χ0v) is 13.3. The molecule has 3 rings (SSSR count). The molecule has 0 radical (unpaired) electrons. The van der Waals surface area contributed by atoms with Crippen LogP contribution in [-0.2, 0) is 4.79 Å². The highest BCUT2D eigenvalue weighted by molar-refractivity contribution is 6.01. The van der Waals surface area contributed by atoms with Crippen molar-refractivity contribution in [2.45, 2.75) is 19.5 Å². The predicted octanol–water partition coefficient (Wildman–Crippen LogP) is 3.38. The number of hydrogen-bond acceptors (Lipinski definition) is 3. The summed E-state index contributed by atoms with van der Waals surface area (Å²) in [5.74, 6) is -2.29. The second kappa shape index (κ2) is 7.04. The number of carboxylic acids is 1. The van der Waals surface area contributed by atoms with E-state index in [9.17, 15) is 18.4 Å². The molecule has 0 spiro atoms. The Morgan fingerprint density at radius 2 is 1.88 bits per heavy atom. The summed E-state index contributed by atoms with van der Waals surface area (Å²) in [7, 11) is 0. The minimum absolute atomic E-state index is 0.0186. The molecule has 0 bridgehead atoms. The highest BCUT2D eigenvalue weighted by Crippen LogP contribution is 2.30. The number of carboxylic acid groups (broad SMARTS) is 1. The molecule has 1 saturated heterocycles. The topological polar surface area (TPSA) is 66.8 Å². The van der Waals surface area contributed by atoms with Gasteiger partial charge in [0.2, 0.25) is 0 Å². The highest BCUT2D eigenvalue weighted by Gasteiger charge is 2.30. The fourth-order valence-corrected chi connectivity index (χ4v) is 3.11. The number of benzene rings is 2. The van der Waals surface area contributed by atoms with E-state index in [0.717, 1.165) is 5.39 Å². The van der Waals surface area contributed by atoms with Gasteiger partial charge < -0.3 is 14.7 Å². The molecule has 1 unspecified atom stereocenters. The molecule has 1 aliphatic heterocycles. The van der Waals surface area contributed by atoms with Gasteiger partial charge in [-0.15, -0.1) is 0 Å². The van der Waals surface area contributed by atoms with Crippen LogP contribution >= 0.6 is 0 Å². The molecule has 1 heterocycles. The van der Waals surface area contributed by atoms with Crippen LogP contribution in [0.1, 0.15) is 23.2 Å².